The van der Waals surface area contributed by atoms with Crippen molar-refractivity contribution in [1.29, 1.82) is 0 Å². The molecule has 0 spiro atoms. The van der Waals surface area contributed by atoms with Crippen molar-refractivity contribution in [2.45, 2.75) is 39.7 Å². The number of rotatable bonds is 3. The van der Waals surface area contributed by atoms with Crippen LogP contribution in [-0.4, -0.2) is 66.3 Å². The average molecular weight is 321 g/mol. The molecule has 3 heterocycles. The minimum atomic E-state index is 0.0649. The molecule has 0 unspecified atom stereocenters. The highest BCUT2D eigenvalue weighted by molar-refractivity contribution is 5.96. The summed E-state index contributed by atoms with van der Waals surface area (Å²) in [6.07, 6.45) is 0. The van der Waals surface area contributed by atoms with Gasteiger partial charge in [0.05, 0.1) is 18.9 Å². The summed E-state index contributed by atoms with van der Waals surface area (Å²) in [5.74, 6) is 1.40. The Kier molecular flexibility index (Phi) is 4.73. The van der Waals surface area contributed by atoms with Gasteiger partial charge in [-0.2, -0.15) is 0 Å². The fourth-order valence-electron chi connectivity index (χ4n) is 3.70. The molecule has 0 N–H and O–H groups in total. The van der Waals surface area contributed by atoms with Gasteiger partial charge in [-0.1, -0.05) is 25.9 Å². The predicted octanol–water partition coefficient (Wildman–Crippen LogP) is 1.90. The molecular formula is C17H27N3O3. The van der Waals surface area contributed by atoms with E-state index in [1.807, 2.05) is 25.7 Å². The van der Waals surface area contributed by atoms with Crippen LogP contribution in [0.5, 0.6) is 0 Å². The first-order chi connectivity index (χ1) is 11.0. The molecule has 1 amide bonds. The summed E-state index contributed by atoms with van der Waals surface area (Å²) in [5, 5.41) is 4.01. The SMILES string of the molecule is Cc1noc(C(C)C)c1C(=O)N1C[C@@H](N2CCOCC2)[C@@H](C)C1. The van der Waals surface area contributed by atoms with Gasteiger partial charge in [-0.3, -0.25) is 9.69 Å². The molecule has 0 radical (unpaired) electrons. The van der Waals surface area contributed by atoms with E-state index in [1.165, 1.54) is 0 Å². The van der Waals surface area contributed by atoms with Crippen LogP contribution in [0.25, 0.3) is 0 Å². The molecule has 2 atom stereocenters. The molecule has 2 aliphatic rings. The minimum absolute atomic E-state index is 0.0649. The first-order valence-corrected chi connectivity index (χ1v) is 8.56. The number of morpholine rings is 1. The van der Waals surface area contributed by atoms with Gasteiger partial charge in [0.15, 0.2) is 5.76 Å². The van der Waals surface area contributed by atoms with Crippen LogP contribution < -0.4 is 0 Å². The van der Waals surface area contributed by atoms with Gasteiger partial charge in [-0.25, -0.2) is 0 Å². The fourth-order valence-corrected chi connectivity index (χ4v) is 3.70. The lowest BCUT2D eigenvalue weighted by atomic mass is 10.0. The summed E-state index contributed by atoms with van der Waals surface area (Å²) in [4.78, 5) is 17.4. The van der Waals surface area contributed by atoms with Gasteiger partial charge in [-0.15, -0.1) is 0 Å². The standard InChI is InChI=1S/C17H27N3O3/c1-11(2)16-15(13(4)18-23-16)17(21)20-9-12(3)14(10-20)19-5-7-22-8-6-19/h11-12,14H,5-10H2,1-4H3/t12-,14+/m0/s1. The predicted molar refractivity (Wildman–Crippen MR) is 86.6 cm³/mol. The molecule has 3 rings (SSSR count). The van der Waals surface area contributed by atoms with E-state index < -0.39 is 0 Å². The van der Waals surface area contributed by atoms with Crippen molar-refractivity contribution in [2.24, 2.45) is 5.92 Å². The van der Waals surface area contributed by atoms with Crippen LogP contribution in [0.15, 0.2) is 4.52 Å². The molecule has 23 heavy (non-hydrogen) atoms. The van der Waals surface area contributed by atoms with E-state index in [0.717, 1.165) is 39.4 Å². The Balaban J connectivity index is 1.75. The van der Waals surface area contributed by atoms with Crippen molar-refractivity contribution in [3.8, 4) is 0 Å². The van der Waals surface area contributed by atoms with E-state index in [4.69, 9.17) is 9.26 Å². The molecule has 2 saturated heterocycles. The van der Waals surface area contributed by atoms with E-state index in [-0.39, 0.29) is 11.8 Å². The normalized spacial score (nSPS) is 26.2. The summed E-state index contributed by atoms with van der Waals surface area (Å²) in [6.45, 7) is 13.2. The van der Waals surface area contributed by atoms with Gasteiger partial charge in [0.25, 0.3) is 5.91 Å². The molecular weight excluding hydrogens is 294 g/mol. The molecule has 1 aromatic heterocycles. The van der Waals surface area contributed by atoms with Crippen molar-refractivity contribution in [1.82, 2.24) is 15.0 Å². The second-order valence-electron chi connectivity index (χ2n) is 7.07. The van der Waals surface area contributed by atoms with Gasteiger partial charge in [0, 0.05) is 38.1 Å². The zero-order valence-electron chi connectivity index (χ0n) is 14.5. The third-order valence-corrected chi connectivity index (χ3v) is 5.00. The summed E-state index contributed by atoms with van der Waals surface area (Å²) in [7, 11) is 0. The lowest BCUT2D eigenvalue weighted by molar-refractivity contribution is 0.0119. The van der Waals surface area contributed by atoms with Gasteiger partial charge >= 0.3 is 0 Å². The number of amides is 1. The van der Waals surface area contributed by atoms with Crippen LogP contribution in [-0.2, 0) is 4.74 Å². The zero-order chi connectivity index (χ0) is 16.6. The van der Waals surface area contributed by atoms with E-state index in [9.17, 15) is 4.79 Å². The summed E-state index contributed by atoms with van der Waals surface area (Å²) >= 11 is 0. The molecule has 6 nitrogen and oxygen atoms in total. The highest BCUT2D eigenvalue weighted by Gasteiger charge is 2.38. The molecule has 0 aromatic carbocycles. The first kappa shape index (κ1) is 16.5. The molecule has 0 bridgehead atoms. The average Bonchev–Trinajstić information content (AvgIpc) is 3.11. The number of aryl methyl sites for hydroxylation is 1. The van der Waals surface area contributed by atoms with Crippen LogP contribution in [0.2, 0.25) is 0 Å². The number of aromatic nitrogens is 1. The highest BCUT2D eigenvalue weighted by atomic mass is 16.5. The van der Waals surface area contributed by atoms with Crippen molar-refractivity contribution < 1.29 is 14.1 Å². The van der Waals surface area contributed by atoms with Crippen molar-refractivity contribution >= 4 is 5.91 Å². The number of carbonyl (C=O) groups excluding carboxylic acids is 1. The van der Waals surface area contributed by atoms with Crippen LogP contribution in [0.3, 0.4) is 0 Å². The second-order valence-corrected chi connectivity index (χ2v) is 7.07. The molecule has 128 valence electrons. The van der Waals surface area contributed by atoms with Crippen molar-refractivity contribution in [2.75, 3.05) is 39.4 Å². The number of ether oxygens (including phenoxy) is 1. The third-order valence-electron chi connectivity index (χ3n) is 5.00. The van der Waals surface area contributed by atoms with E-state index >= 15 is 0 Å². The first-order valence-electron chi connectivity index (χ1n) is 8.56. The van der Waals surface area contributed by atoms with E-state index in [0.29, 0.717) is 29.0 Å². The van der Waals surface area contributed by atoms with E-state index in [1.54, 1.807) is 0 Å². The molecule has 6 heteroatoms. The quantitative estimate of drug-likeness (QED) is 0.851. The van der Waals surface area contributed by atoms with Crippen LogP contribution in [0.1, 0.15) is 48.5 Å². The molecule has 0 saturated carbocycles. The maximum atomic E-state index is 13.0. The Morgan fingerprint density at radius 2 is 1.96 bits per heavy atom. The van der Waals surface area contributed by atoms with Crippen LogP contribution in [0.4, 0.5) is 0 Å². The largest absolute Gasteiger partial charge is 0.379 e. The fraction of sp³-hybridized carbons (Fsp3) is 0.765. The summed E-state index contributed by atoms with van der Waals surface area (Å²) in [6, 6.07) is 0.422. The van der Waals surface area contributed by atoms with Gasteiger partial charge < -0.3 is 14.2 Å². The minimum Gasteiger partial charge on any atom is -0.379 e. The molecule has 1 aromatic rings. The Morgan fingerprint density at radius 1 is 1.26 bits per heavy atom. The molecule has 0 aliphatic carbocycles. The lowest BCUT2D eigenvalue weighted by Crippen LogP contribution is -2.47. The van der Waals surface area contributed by atoms with Gasteiger partial charge in [0.1, 0.15) is 5.56 Å². The topological polar surface area (TPSA) is 58.8 Å². The lowest BCUT2D eigenvalue weighted by Gasteiger charge is -2.33. The van der Waals surface area contributed by atoms with Crippen LogP contribution >= 0.6 is 0 Å². The number of likely N-dealkylation sites (tertiary alicyclic amines) is 1. The van der Waals surface area contributed by atoms with Crippen molar-refractivity contribution in [3.63, 3.8) is 0 Å². The number of nitrogens with zero attached hydrogens (tertiary/aromatic N) is 3. The summed E-state index contributed by atoms with van der Waals surface area (Å²) in [5.41, 5.74) is 1.36. The summed E-state index contributed by atoms with van der Waals surface area (Å²) < 4.78 is 10.8. The number of hydrogen-bond donors (Lipinski definition) is 0. The second kappa shape index (κ2) is 6.61. The molecule has 2 fully saturated rings. The van der Waals surface area contributed by atoms with Crippen molar-refractivity contribution in [3.05, 3.63) is 17.0 Å². The Hall–Kier alpha value is -1.40. The highest BCUT2D eigenvalue weighted by Crippen LogP contribution is 2.28. The Bertz CT molecular complexity index is 563. The van der Waals surface area contributed by atoms with E-state index in [2.05, 4.69) is 17.0 Å². The van der Waals surface area contributed by atoms with Gasteiger partial charge in [-0.05, 0) is 12.8 Å². The number of carbonyl (C=O) groups is 1. The smallest absolute Gasteiger partial charge is 0.259 e. The number of hydrogen-bond acceptors (Lipinski definition) is 5. The monoisotopic (exact) mass is 321 g/mol. The Morgan fingerprint density at radius 3 is 2.61 bits per heavy atom. The maximum Gasteiger partial charge on any atom is 0.259 e. The van der Waals surface area contributed by atoms with Crippen LogP contribution in [0, 0.1) is 12.8 Å². The zero-order valence-corrected chi connectivity index (χ0v) is 14.5. The third kappa shape index (κ3) is 3.15. The Labute approximate surface area is 137 Å². The molecule has 2 aliphatic heterocycles. The van der Waals surface area contributed by atoms with Gasteiger partial charge in [0.2, 0.25) is 0 Å². The maximum absolute atomic E-state index is 13.0.